The molecule has 0 aliphatic carbocycles. The normalized spacial score (nSPS) is 10.4. The van der Waals surface area contributed by atoms with Crippen LogP contribution in [-0.2, 0) is 0 Å². The SMILES string of the molecule is CCNC(=S)Nc1n[nH]c2nc(C)ccc12. The molecule has 3 N–H and O–H groups in total. The highest BCUT2D eigenvalue weighted by atomic mass is 32.1. The van der Waals surface area contributed by atoms with Crippen molar-refractivity contribution in [3.8, 4) is 0 Å². The number of anilines is 1. The number of aromatic nitrogens is 3. The molecule has 0 unspecified atom stereocenters. The Morgan fingerprint density at radius 1 is 1.50 bits per heavy atom. The van der Waals surface area contributed by atoms with Gasteiger partial charge < -0.3 is 10.6 Å². The molecule has 0 saturated carbocycles. The Morgan fingerprint density at radius 2 is 2.31 bits per heavy atom. The summed E-state index contributed by atoms with van der Waals surface area (Å²) in [6.45, 7) is 4.71. The molecule has 0 aliphatic heterocycles. The Kier molecular flexibility index (Phi) is 3.00. The first kappa shape index (κ1) is 10.8. The molecule has 0 saturated heterocycles. The van der Waals surface area contributed by atoms with Crippen LogP contribution in [0.1, 0.15) is 12.6 Å². The second kappa shape index (κ2) is 4.44. The molecule has 0 fully saturated rings. The van der Waals surface area contributed by atoms with Gasteiger partial charge in [0.1, 0.15) is 0 Å². The molecular formula is C10H13N5S. The van der Waals surface area contributed by atoms with E-state index in [1.165, 1.54) is 0 Å². The topological polar surface area (TPSA) is 65.6 Å². The minimum atomic E-state index is 0.566. The fraction of sp³-hybridized carbons (Fsp3) is 0.300. The van der Waals surface area contributed by atoms with Crippen LogP contribution < -0.4 is 10.6 Å². The fourth-order valence-electron chi connectivity index (χ4n) is 1.41. The van der Waals surface area contributed by atoms with Gasteiger partial charge in [0.25, 0.3) is 0 Å². The van der Waals surface area contributed by atoms with E-state index < -0.39 is 0 Å². The predicted molar refractivity (Wildman–Crippen MR) is 68.5 cm³/mol. The van der Waals surface area contributed by atoms with E-state index in [2.05, 4.69) is 25.8 Å². The van der Waals surface area contributed by atoms with Gasteiger partial charge in [-0.25, -0.2) is 4.98 Å². The summed E-state index contributed by atoms with van der Waals surface area (Å²) in [5.41, 5.74) is 1.72. The number of hydrogen-bond donors (Lipinski definition) is 3. The van der Waals surface area contributed by atoms with Crippen molar-refractivity contribution < 1.29 is 0 Å². The summed E-state index contributed by atoms with van der Waals surface area (Å²) < 4.78 is 0. The predicted octanol–water partition coefficient (Wildman–Crippen LogP) is 1.57. The van der Waals surface area contributed by atoms with Crippen molar-refractivity contribution in [2.75, 3.05) is 11.9 Å². The van der Waals surface area contributed by atoms with Crippen molar-refractivity contribution >= 4 is 34.2 Å². The van der Waals surface area contributed by atoms with Crippen molar-refractivity contribution in [1.29, 1.82) is 0 Å². The van der Waals surface area contributed by atoms with Crippen LogP contribution in [0.4, 0.5) is 5.82 Å². The van der Waals surface area contributed by atoms with Crippen LogP contribution in [0.2, 0.25) is 0 Å². The number of H-pyrrole nitrogens is 1. The maximum Gasteiger partial charge on any atom is 0.171 e. The van der Waals surface area contributed by atoms with E-state index in [9.17, 15) is 0 Å². The van der Waals surface area contributed by atoms with Crippen LogP contribution in [0.5, 0.6) is 0 Å². The number of thiocarbonyl (C=S) groups is 1. The van der Waals surface area contributed by atoms with E-state index in [4.69, 9.17) is 12.2 Å². The Balaban J connectivity index is 2.28. The number of rotatable bonds is 2. The lowest BCUT2D eigenvalue weighted by atomic mass is 10.3. The molecule has 16 heavy (non-hydrogen) atoms. The molecule has 0 aliphatic rings. The first-order valence-electron chi connectivity index (χ1n) is 5.07. The van der Waals surface area contributed by atoms with E-state index >= 15 is 0 Å². The molecule has 0 atom stereocenters. The summed E-state index contributed by atoms with van der Waals surface area (Å²) in [4.78, 5) is 4.33. The summed E-state index contributed by atoms with van der Waals surface area (Å²) in [6.07, 6.45) is 0. The molecular weight excluding hydrogens is 222 g/mol. The molecule has 2 aromatic rings. The fourth-order valence-corrected chi connectivity index (χ4v) is 1.65. The number of pyridine rings is 1. The maximum atomic E-state index is 5.09. The molecule has 84 valence electrons. The number of aryl methyl sites for hydroxylation is 1. The zero-order chi connectivity index (χ0) is 11.5. The third-order valence-corrected chi connectivity index (χ3v) is 2.38. The van der Waals surface area contributed by atoms with Crippen molar-refractivity contribution in [3.05, 3.63) is 17.8 Å². The van der Waals surface area contributed by atoms with Crippen LogP contribution in [0.15, 0.2) is 12.1 Å². The Morgan fingerprint density at radius 3 is 3.06 bits per heavy atom. The van der Waals surface area contributed by atoms with Gasteiger partial charge in [0.05, 0.1) is 5.39 Å². The first-order valence-corrected chi connectivity index (χ1v) is 5.48. The van der Waals surface area contributed by atoms with Crippen molar-refractivity contribution in [2.45, 2.75) is 13.8 Å². The molecule has 0 aromatic carbocycles. The first-order chi connectivity index (χ1) is 7.70. The lowest BCUT2D eigenvalue weighted by molar-refractivity contribution is 0.977. The zero-order valence-corrected chi connectivity index (χ0v) is 9.98. The van der Waals surface area contributed by atoms with E-state index in [0.717, 1.165) is 23.3 Å². The van der Waals surface area contributed by atoms with Gasteiger partial charge in [-0.1, -0.05) is 0 Å². The van der Waals surface area contributed by atoms with Crippen LogP contribution in [0.3, 0.4) is 0 Å². The molecule has 0 spiro atoms. The molecule has 2 rings (SSSR count). The van der Waals surface area contributed by atoms with Crippen LogP contribution in [0, 0.1) is 6.92 Å². The van der Waals surface area contributed by atoms with Crippen molar-refractivity contribution in [3.63, 3.8) is 0 Å². The molecule has 0 radical (unpaired) electrons. The Labute approximate surface area is 98.6 Å². The van der Waals surface area contributed by atoms with E-state index in [0.29, 0.717) is 10.9 Å². The standard InChI is InChI=1S/C10H13N5S/c1-3-11-10(16)13-9-7-5-4-6(2)12-8(7)14-15-9/h4-5H,3H2,1-2H3,(H3,11,12,13,14,15,16). The summed E-state index contributed by atoms with van der Waals surface area (Å²) in [5.74, 6) is 0.702. The van der Waals surface area contributed by atoms with Gasteiger partial charge in [-0.3, -0.25) is 5.10 Å². The molecule has 6 heteroatoms. The summed E-state index contributed by atoms with van der Waals surface area (Å²) in [5, 5.41) is 14.5. The van der Waals surface area contributed by atoms with Gasteiger partial charge in [0.15, 0.2) is 16.6 Å². The average molecular weight is 235 g/mol. The third kappa shape index (κ3) is 2.11. The summed E-state index contributed by atoms with van der Waals surface area (Å²) in [6, 6.07) is 3.91. The smallest absolute Gasteiger partial charge is 0.171 e. The average Bonchev–Trinajstić information content (AvgIpc) is 2.61. The second-order valence-electron chi connectivity index (χ2n) is 3.41. The number of hydrogen-bond acceptors (Lipinski definition) is 3. The van der Waals surface area contributed by atoms with Crippen LogP contribution in [0.25, 0.3) is 11.0 Å². The zero-order valence-electron chi connectivity index (χ0n) is 9.16. The number of fused-ring (bicyclic) bond motifs is 1. The van der Waals surface area contributed by atoms with Gasteiger partial charge in [-0.05, 0) is 38.2 Å². The van der Waals surface area contributed by atoms with E-state index in [1.807, 2.05) is 26.0 Å². The van der Waals surface area contributed by atoms with E-state index in [1.54, 1.807) is 0 Å². The van der Waals surface area contributed by atoms with Crippen LogP contribution in [-0.4, -0.2) is 26.8 Å². The quantitative estimate of drug-likeness (QED) is 0.690. The van der Waals surface area contributed by atoms with Gasteiger partial charge in [0.2, 0.25) is 0 Å². The number of aromatic amines is 1. The highest BCUT2D eigenvalue weighted by Crippen LogP contribution is 2.18. The minimum absolute atomic E-state index is 0.566. The molecule has 0 bridgehead atoms. The number of nitrogens with one attached hydrogen (secondary N) is 3. The van der Waals surface area contributed by atoms with Crippen molar-refractivity contribution in [2.24, 2.45) is 0 Å². The van der Waals surface area contributed by atoms with Crippen molar-refractivity contribution in [1.82, 2.24) is 20.5 Å². The lowest BCUT2D eigenvalue weighted by Crippen LogP contribution is -2.28. The maximum absolute atomic E-state index is 5.09. The molecule has 2 heterocycles. The molecule has 0 amide bonds. The largest absolute Gasteiger partial charge is 0.363 e. The Hall–Kier alpha value is -1.69. The lowest BCUT2D eigenvalue weighted by Gasteiger charge is -2.05. The van der Waals surface area contributed by atoms with Gasteiger partial charge in [-0.2, -0.15) is 5.10 Å². The van der Waals surface area contributed by atoms with Gasteiger partial charge in [-0.15, -0.1) is 0 Å². The van der Waals surface area contributed by atoms with Gasteiger partial charge in [0, 0.05) is 12.2 Å². The Bertz CT molecular complexity index is 519. The van der Waals surface area contributed by atoms with Crippen LogP contribution >= 0.6 is 12.2 Å². The molecule has 2 aromatic heterocycles. The minimum Gasteiger partial charge on any atom is -0.363 e. The summed E-state index contributed by atoms with van der Waals surface area (Å²) in [7, 11) is 0. The van der Waals surface area contributed by atoms with E-state index in [-0.39, 0.29) is 0 Å². The molecule has 5 nitrogen and oxygen atoms in total. The third-order valence-electron chi connectivity index (χ3n) is 2.13. The number of nitrogens with zero attached hydrogens (tertiary/aromatic N) is 2. The monoisotopic (exact) mass is 235 g/mol. The van der Waals surface area contributed by atoms with Gasteiger partial charge >= 0.3 is 0 Å². The highest BCUT2D eigenvalue weighted by molar-refractivity contribution is 7.80. The summed E-state index contributed by atoms with van der Waals surface area (Å²) >= 11 is 5.09. The highest BCUT2D eigenvalue weighted by Gasteiger charge is 2.07. The second-order valence-corrected chi connectivity index (χ2v) is 3.81.